The molecule has 0 atom stereocenters. The SMILES string of the molecule is CC(C1=NC=C1)C1=NC=C1. The molecule has 2 nitrogen and oxygen atoms in total. The monoisotopic (exact) mass is 132 g/mol. The minimum atomic E-state index is 0.398. The van der Waals surface area contributed by atoms with Gasteiger partial charge in [-0.25, -0.2) is 0 Å². The summed E-state index contributed by atoms with van der Waals surface area (Å²) in [5.74, 6) is 0.398. The quantitative estimate of drug-likeness (QED) is 0.544. The van der Waals surface area contributed by atoms with Gasteiger partial charge in [0.2, 0.25) is 0 Å². The van der Waals surface area contributed by atoms with Gasteiger partial charge in [-0.3, -0.25) is 9.98 Å². The van der Waals surface area contributed by atoms with Gasteiger partial charge in [-0.2, -0.15) is 0 Å². The second kappa shape index (κ2) is 1.90. The van der Waals surface area contributed by atoms with E-state index in [0.29, 0.717) is 5.92 Å². The van der Waals surface area contributed by atoms with E-state index in [1.807, 2.05) is 24.6 Å². The molecule has 2 heteroatoms. The fraction of sp³-hybridized carbons (Fsp3) is 0.250. The molecule has 0 saturated heterocycles. The molecule has 2 aliphatic heterocycles. The van der Waals surface area contributed by atoms with E-state index < -0.39 is 0 Å². The molecule has 0 aromatic heterocycles. The van der Waals surface area contributed by atoms with Gasteiger partial charge in [0, 0.05) is 18.3 Å². The number of allylic oxidation sites excluding steroid dienone is 2. The molecular weight excluding hydrogens is 124 g/mol. The molecule has 0 fully saturated rings. The Hall–Kier alpha value is -1.18. The second-order valence-electron chi connectivity index (χ2n) is 2.46. The summed E-state index contributed by atoms with van der Waals surface area (Å²) in [6, 6.07) is 0. The van der Waals surface area contributed by atoms with Gasteiger partial charge >= 0.3 is 0 Å². The van der Waals surface area contributed by atoms with Crippen molar-refractivity contribution < 1.29 is 0 Å². The molecule has 0 spiro atoms. The van der Waals surface area contributed by atoms with Crippen molar-refractivity contribution in [3.05, 3.63) is 24.6 Å². The third kappa shape index (κ3) is 0.652. The average molecular weight is 132 g/mol. The van der Waals surface area contributed by atoms with Crippen molar-refractivity contribution in [1.29, 1.82) is 0 Å². The Labute approximate surface area is 59.7 Å². The van der Waals surface area contributed by atoms with Crippen LogP contribution in [-0.4, -0.2) is 11.4 Å². The Bertz CT molecular complexity index is 241. The van der Waals surface area contributed by atoms with E-state index >= 15 is 0 Å². The van der Waals surface area contributed by atoms with Gasteiger partial charge in [0.25, 0.3) is 0 Å². The lowest BCUT2D eigenvalue weighted by molar-refractivity contribution is 1.04. The minimum absolute atomic E-state index is 0.398. The Morgan fingerprint density at radius 1 is 1.10 bits per heavy atom. The Balaban J connectivity index is 2.05. The first kappa shape index (κ1) is 5.59. The Morgan fingerprint density at radius 2 is 1.50 bits per heavy atom. The van der Waals surface area contributed by atoms with Crippen molar-refractivity contribution in [3.8, 4) is 0 Å². The molecule has 0 saturated carbocycles. The first-order valence-corrected chi connectivity index (χ1v) is 3.36. The van der Waals surface area contributed by atoms with Gasteiger partial charge in [0.05, 0.1) is 11.4 Å². The van der Waals surface area contributed by atoms with Gasteiger partial charge < -0.3 is 0 Å². The first-order valence-electron chi connectivity index (χ1n) is 3.36. The summed E-state index contributed by atoms with van der Waals surface area (Å²) >= 11 is 0. The zero-order chi connectivity index (χ0) is 6.97. The zero-order valence-electron chi connectivity index (χ0n) is 5.78. The van der Waals surface area contributed by atoms with Crippen molar-refractivity contribution in [2.45, 2.75) is 6.92 Å². The lowest BCUT2D eigenvalue weighted by atomic mass is 9.96. The maximum atomic E-state index is 4.09. The summed E-state index contributed by atoms with van der Waals surface area (Å²) in [5, 5.41) is 0. The largest absolute Gasteiger partial charge is 0.260 e. The Kier molecular flexibility index (Phi) is 1.07. The second-order valence-corrected chi connectivity index (χ2v) is 2.46. The number of nitrogens with zero attached hydrogens (tertiary/aromatic N) is 2. The molecule has 0 bridgehead atoms. The molecule has 2 aliphatic rings. The van der Waals surface area contributed by atoms with Crippen LogP contribution in [0.1, 0.15) is 6.92 Å². The molecule has 0 N–H and O–H groups in total. The van der Waals surface area contributed by atoms with Crippen molar-refractivity contribution >= 4 is 11.4 Å². The van der Waals surface area contributed by atoms with Crippen LogP contribution in [0.5, 0.6) is 0 Å². The third-order valence-electron chi connectivity index (χ3n) is 1.83. The zero-order valence-corrected chi connectivity index (χ0v) is 5.78. The molecule has 10 heavy (non-hydrogen) atoms. The topological polar surface area (TPSA) is 24.7 Å². The maximum absolute atomic E-state index is 4.09. The number of aliphatic imine (C=N–C) groups is 2. The molecule has 0 aromatic rings. The highest BCUT2D eigenvalue weighted by Gasteiger charge is 2.17. The lowest BCUT2D eigenvalue weighted by Gasteiger charge is -2.17. The summed E-state index contributed by atoms with van der Waals surface area (Å²) in [6.07, 6.45) is 7.68. The van der Waals surface area contributed by atoms with Crippen LogP contribution >= 0.6 is 0 Å². The summed E-state index contributed by atoms with van der Waals surface area (Å²) < 4.78 is 0. The predicted molar refractivity (Wildman–Crippen MR) is 42.3 cm³/mol. The van der Waals surface area contributed by atoms with Crippen LogP contribution in [-0.2, 0) is 0 Å². The molecule has 0 aromatic carbocycles. The summed E-state index contributed by atoms with van der Waals surface area (Å²) in [5.41, 5.74) is 2.28. The minimum Gasteiger partial charge on any atom is -0.260 e. The fourth-order valence-electron chi connectivity index (χ4n) is 0.985. The van der Waals surface area contributed by atoms with Crippen molar-refractivity contribution in [1.82, 2.24) is 0 Å². The van der Waals surface area contributed by atoms with E-state index in [1.165, 1.54) is 0 Å². The smallest absolute Gasteiger partial charge is 0.0506 e. The van der Waals surface area contributed by atoms with Gasteiger partial charge in [-0.1, -0.05) is 6.92 Å². The maximum Gasteiger partial charge on any atom is 0.0506 e. The highest BCUT2D eigenvalue weighted by molar-refractivity contribution is 6.19. The normalized spacial score (nSPS) is 19.8. The first-order chi connectivity index (χ1) is 4.88. The van der Waals surface area contributed by atoms with Gasteiger partial charge in [0.1, 0.15) is 0 Å². The molecule has 0 radical (unpaired) electrons. The fourth-order valence-corrected chi connectivity index (χ4v) is 0.985. The van der Waals surface area contributed by atoms with E-state index in [9.17, 15) is 0 Å². The van der Waals surface area contributed by atoms with Crippen molar-refractivity contribution in [3.63, 3.8) is 0 Å². The average Bonchev–Trinajstić information content (AvgIpc) is 1.52. The van der Waals surface area contributed by atoms with Gasteiger partial charge in [0.15, 0.2) is 0 Å². The summed E-state index contributed by atoms with van der Waals surface area (Å²) in [6.45, 7) is 2.12. The van der Waals surface area contributed by atoms with Crippen LogP contribution in [0, 0.1) is 5.92 Å². The van der Waals surface area contributed by atoms with Crippen LogP contribution < -0.4 is 0 Å². The third-order valence-corrected chi connectivity index (χ3v) is 1.83. The molecule has 2 heterocycles. The number of hydrogen-bond donors (Lipinski definition) is 0. The van der Waals surface area contributed by atoms with Gasteiger partial charge in [-0.15, -0.1) is 0 Å². The van der Waals surface area contributed by atoms with Crippen LogP contribution in [0.3, 0.4) is 0 Å². The Morgan fingerprint density at radius 3 is 1.70 bits per heavy atom. The molecule has 2 rings (SSSR count). The predicted octanol–water partition coefficient (Wildman–Crippen LogP) is 1.56. The van der Waals surface area contributed by atoms with Crippen molar-refractivity contribution in [2.24, 2.45) is 15.9 Å². The standard InChI is InChI=1S/C8H8N2/c1-6(7-2-4-9-7)8-3-5-10-8/h2-6H,1H3. The number of hydrogen-bond acceptors (Lipinski definition) is 2. The van der Waals surface area contributed by atoms with Crippen LogP contribution in [0.4, 0.5) is 0 Å². The van der Waals surface area contributed by atoms with E-state index in [-0.39, 0.29) is 0 Å². The van der Waals surface area contributed by atoms with E-state index in [4.69, 9.17) is 0 Å². The van der Waals surface area contributed by atoms with E-state index in [0.717, 1.165) is 11.4 Å². The van der Waals surface area contributed by atoms with Crippen molar-refractivity contribution in [2.75, 3.05) is 0 Å². The van der Waals surface area contributed by atoms with Gasteiger partial charge in [-0.05, 0) is 12.2 Å². The molecule has 0 unspecified atom stereocenters. The lowest BCUT2D eigenvalue weighted by Crippen LogP contribution is -2.22. The van der Waals surface area contributed by atoms with Crippen LogP contribution in [0.25, 0.3) is 0 Å². The highest BCUT2D eigenvalue weighted by Crippen LogP contribution is 2.14. The molecule has 0 amide bonds. The number of rotatable bonds is 2. The van der Waals surface area contributed by atoms with E-state index in [2.05, 4.69) is 16.9 Å². The van der Waals surface area contributed by atoms with Crippen LogP contribution in [0.2, 0.25) is 0 Å². The molecule has 0 aliphatic carbocycles. The summed E-state index contributed by atoms with van der Waals surface area (Å²) in [4.78, 5) is 8.19. The highest BCUT2D eigenvalue weighted by atomic mass is 14.8. The summed E-state index contributed by atoms with van der Waals surface area (Å²) in [7, 11) is 0. The van der Waals surface area contributed by atoms with E-state index in [1.54, 1.807) is 0 Å². The molecule has 50 valence electrons. The van der Waals surface area contributed by atoms with Crippen LogP contribution in [0.15, 0.2) is 34.5 Å². The molecular formula is C8H8N2.